The van der Waals surface area contributed by atoms with Crippen molar-refractivity contribution < 1.29 is 4.79 Å². The molecule has 0 aliphatic heterocycles. The summed E-state index contributed by atoms with van der Waals surface area (Å²) >= 11 is 9.36. The van der Waals surface area contributed by atoms with Crippen molar-refractivity contribution in [1.82, 2.24) is 5.32 Å². The molecule has 0 saturated heterocycles. The van der Waals surface area contributed by atoms with E-state index in [2.05, 4.69) is 26.6 Å². The summed E-state index contributed by atoms with van der Waals surface area (Å²) in [5, 5.41) is 6.52. The summed E-state index contributed by atoms with van der Waals surface area (Å²) in [4.78, 5) is 11.5. The van der Waals surface area contributed by atoms with Gasteiger partial charge >= 0.3 is 0 Å². The molecule has 0 aromatic heterocycles. The Morgan fingerprint density at radius 2 is 2.24 bits per heavy atom. The van der Waals surface area contributed by atoms with Crippen LogP contribution >= 0.6 is 27.5 Å². The molecule has 2 N–H and O–H groups in total. The molecule has 5 heteroatoms. The second kappa shape index (κ2) is 5.74. The van der Waals surface area contributed by atoms with E-state index in [1.54, 1.807) is 6.07 Å². The zero-order chi connectivity index (χ0) is 12.3. The van der Waals surface area contributed by atoms with Crippen molar-refractivity contribution >= 4 is 39.1 Å². The van der Waals surface area contributed by atoms with Gasteiger partial charge in [-0.25, -0.2) is 0 Å². The third-order valence-electron chi connectivity index (χ3n) is 2.66. The quantitative estimate of drug-likeness (QED) is 0.876. The minimum Gasteiger partial charge on any atom is -0.375 e. The monoisotopic (exact) mass is 316 g/mol. The van der Waals surface area contributed by atoms with Gasteiger partial charge in [-0.05, 0) is 37.0 Å². The summed E-state index contributed by atoms with van der Waals surface area (Å²) in [6.07, 6.45) is 2.48. The minimum absolute atomic E-state index is 0.0101. The number of carbonyl (C=O) groups is 1. The van der Waals surface area contributed by atoms with Crippen LogP contribution in [0.1, 0.15) is 12.8 Å². The number of rotatable bonds is 5. The zero-order valence-electron chi connectivity index (χ0n) is 9.30. The van der Waals surface area contributed by atoms with Crippen molar-refractivity contribution in [2.24, 2.45) is 5.92 Å². The van der Waals surface area contributed by atoms with Crippen LogP contribution in [-0.4, -0.2) is 19.0 Å². The van der Waals surface area contributed by atoms with Gasteiger partial charge in [0, 0.05) is 11.0 Å². The van der Waals surface area contributed by atoms with Gasteiger partial charge in [0.05, 0.1) is 17.3 Å². The van der Waals surface area contributed by atoms with E-state index in [0.29, 0.717) is 10.9 Å². The van der Waals surface area contributed by atoms with Crippen molar-refractivity contribution in [2.75, 3.05) is 18.4 Å². The number of benzene rings is 1. The fourth-order valence-corrected chi connectivity index (χ4v) is 2.19. The Kier molecular flexibility index (Phi) is 4.29. The predicted molar refractivity (Wildman–Crippen MR) is 73.4 cm³/mol. The molecular weight excluding hydrogens is 304 g/mol. The van der Waals surface area contributed by atoms with Gasteiger partial charge < -0.3 is 10.6 Å². The first-order chi connectivity index (χ1) is 8.15. The average Bonchev–Trinajstić information content (AvgIpc) is 3.09. The first kappa shape index (κ1) is 12.7. The van der Waals surface area contributed by atoms with Gasteiger partial charge in [0.2, 0.25) is 5.91 Å². The summed E-state index contributed by atoms with van der Waals surface area (Å²) in [6.45, 7) is 1.06. The number of anilines is 1. The fraction of sp³-hybridized carbons (Fsp3) is 0.417. The van der Waals surface area contributed by atoms with E-state index < -0.39 is 0 Å². The molecule has 1 aromatic carbocycles. The highest BCUT2D eigenvalue weighted by Gasteiger charge is 2.21. The average molecular weight is 318 g/mol. The van der Waals surface area contributed by atoms with Gasteiger partial charge in [-0.2, -0.15) is 0 Å². The van der Waals surface area contributed by atoms with Crippen molar-refractivity contribution in [2.45, 2.75) is 12.8 Å². The topological polar surface area (TPSA) is 41.1 Å². The number of amides is 1. The zero-order valence-corrected chi connectivity index (χ0v) is 11.6. The molecule has 0 radical (unpaired) electrons. The molecular formula is C12H14BrClN2O. The Hall–Kier alpha value is -0.740. The smallest absolute Gasteiger partial charge is 0.239 e. The lowest BCUT2D eigenvalue weighted by atomic mass is 10.3. The van der Waals surface area contributed by atoms with Gasteiger partial charge in [-0.15, -0.1) is 0 Å². The number of nitrogens with one attached hydrogen (secondary N) is 2. The van der Waals surface area contributed by atoms with Gasteiger partial charge in [0.25, 0.3) is 0 Å². The highest BCUT2D eigenvalue weighted by Crippen LogP contribution is 2.27. The van der Waals surface area contributed by atoms with Gasteiger partial charge in [-0.3, -0.25) is 4.79 Å². The molecule has 3 nitrogen and oxygen atoms in total. The van der Waals surface area contributed by atoms with Crippen molar-refractivity contribution in [3.05, 3.63) is 27.7 Å². The predicted octanol–water partition coefficient (Wildman–Crippen LogP) is 3.04. The maximum absolute atomic E-state index is 11.5. The van der Waals surface area contributed by atoms with Crippen LogP contribution in [0.3, 0.4) is 0 Å². The SMILES string of the molecule is O=C(CNc1ccc(Br)cc1Cl)NCC1CC1. The number of carbonyl (C=O) groups excluding carboxylic acids is 1. The fourth-order valence-electron chi connectivity index (χ4n) is 1.45. The van der Waals surface area contributed by atoms with Crippen LogP contribution in [0, 0.1) is 5.92 Å². The Balaban J connectivity index is 1.77. The Bertz CT molecular complexity index is 421. The molecule has 1 saturated carbocycles. The maximum Gasteiger partial charge on any atom is 0.239 e. The van der Waals surface area contributed by atoms with E-state index >= 15 is 0 Å². The Labute approximate surface area is 114 Å². The first-order valence-electron chi connectivity index (χ1n) is 5.61. The summed E-state index contributed by atoms with van der Waals surface area (Å²) in [6, 6.07) is 5.53. The summed E-state index contributed by atoms with van der Waals surface area (Å²) in [5.41, 5.74) is 0.774. The number of hydrogen-bond donors (Lipinski definition) is 2. The van der Waals surface area contributed by atoms with E-state index in [9.17, 15) is 4.79 Å². The molecule has 17 heavy (non-hydrogen) atoms. The first-order valence-corrected chi connectivity index (χ1v) is 6.78. The van der Waals surface area contributed by atoms with Gasteiger partial charge in [0.15, 0.2) is 0 Å². The lowest BCUT2D eigenvalue weighted by Gasteiger charge is -2.09. The molecule has 92 valence electrons. The molecule has 0 bridgehead atoms. The second-order valence-electron chi connectivity index (χ2n) is 4.23. The molecule has 2 rings (SSSR count). The number of halogens is 2. The maximum atomic E-state index is 11.5. The Morgan fingerprint density at radius 3 is 2.88 bits per heavy atom. The van der Waals surface area contributed by atoms with Crippen LogP contribution < -0.4 is 10.6 Å². The van der Waals surface area contributed by atoms with Crippen LogP contribution in [0.15, 0.2) is 22.7 Å². The van der Waals surface area contributed by atoms with Crippen LogP contribution in [0.5, 0.6) is 0 Å². The Morgan fingerprint density at radius 1 is 1.47 bits per heavy atom. The third-order valence-corrected chi connectivity index (χ3v) is 3.46. The molecule has 0 atom stereocenters. The molecule has 0 unspecified atom stereocenters. The summed E-state index contributed by atoms with van der Waals surface area (Å²) < 4.78 is 0.922. The molecule has 1 aliphatic rings. The van der Waals surface area contributed by atoms with E-state index in [0.717, 1.165) is 16.7 Å². The van der Waals surface area contributed by atoms with Crippen LogP contribution in [0.4, 0.5) is 5.69 Å². The van der Waals surface area contributed by atoms with Gasteiger partial charge in [0.1, 0.15) is 0 Å². The largest absolute Gasteiger partial charge is 0.375 e. The van der Waals surface area contributed by atoms with E-state index in [-0.39, 0.29) is 12.5 Å². The second-order valence-corrected chi connectivity index (χ2v) is 5.55. The molecule has 1 fully saturated rings. The summed E-state index contributed by atoms with van der Waals surface area (Å²) in [5.74, 6) is 0.714. The minimum atomic E-state index is 0.0101. The molecule has 0 heterocycles. The highest BCUT2D eigenvalue weighted by atomic mass is 79.9. The lowest BCUT2D eigenvalue weighted by molar-refractivity contribution is -0.119. The van der Waals surface area contributed by atoms with E-state index in [1.807, 2.05) is 12.1 Å². The normalized spacial score (nSPS) is 14.5. The van der Waals surface area contributed by atoms with Crippen molar-refractivity contribution in [3.63, 3.8) is 0 Å². The van der Waals surface area contributed by atoms with E-state index in [4.69, 9.17) is 11.6 Å². The molecule has 1 aliphatic carbocycles. The molecule has 0 spiro atoms. The molecule has 1 amide bonds. The van der Waals surface area contributed by atoms with E-state index in [1.165, 1.54) is 12.8 Å². The molecule has 1 aromatic rings. The lowest BCUT2D eigenvalue weighted by Crippen LogP contribution is -2.31. The third kappa shape index (κ3) is 4.21. The highest BCUT2D eigenvalue weighted by molar-refractivity contribution is 9.10. The van der Waals surface area contributed by atoms with Crippen LogP contribution in [0.2, 0.25) is 5.02 Å². The standard InChI is InChI=1S/C12H14BrClN2O/c13-9-3-4-11(10(14)5-9)15-7-12(17)16-6-8-1-2-8/h3-5,8,15H,1-2,6-7H2,(H,16,17). The van der Waals surface area contributed by atoms with Crippen LogP contribution in [0.25, 0.3) is 0 Å². The summed E-state index contributed by atoms with van der Waals surface area (Å²) in [7, 11) is 0. The van der Waals surface area contributed by atoms with Gasteiger partial charge in [-0.1, -0.05) is 27.5 Å². The van der Waals surface area contributed by atoms with Crippen LogP contribution in [-0.2, 0) is 4.79 Å². The number of hydrogen-bond acceptors (Lipinski definition) is 2. The van der Waals surface area contributed by atoms with Crippen molar-refractivity contribution in [1.29, 1.82) is 0 Å². The van der Waals surface area contributed by atoms with Crippen molar-refractivity contribution in [3.8, 4) is 0 Å².